The van der Waals surface area contributed by atoms with Gasteiger partial charge in [-0.05, 0) is 44.2 Å². The number of ether oxygens (including phenoxy) is 1. The Morgan fingerprint density at radius 2 is 1.80 bits per heavy atom. The molecule has 1 aromatic carbocycles. The second-order valence-corrected chi connectivity index (χ2v) is 6.09. The molecule has 2 rings (SSSR count). The highest BCUT2D eigenvalue weighted by molar-refractivity contribution is 6.30. The molecule has 0 bridgehead atoms. The normalized spacial score (nSPS) is 11.9. The Hall–Kier alpha value is -2.48. The number of pyridine rings is 1. The summed E-state index contributed by atoms with van der Waals surface area (Å²) in [7, 11) is 0. The lowest BCUT2D eigenvalue weighted by Gasteiger charge is -2.25. The molecule has 0 atom stereocenters. The van der Waals surface area contributed by atoms with Gasteiger partial charge in [0.05, 0.1) is 5.56 Å². The number of anilines is 1. The molecule has 0 aliphatic heterocycles. The molecule has 0 aliphatic carbocycles. The Balaban J connectivity index is 2.20. The molecule has 1 aromatic heterocycles. The third-order valence-electron chi connectivity index (χ3n) is 3.21. The van der Waals surface area contributed by atoms with Gasteiger partial charge in [-0.15, -0.1) is 0 Å². The molecule has 5 nitrogen and oxygen atoms in total. The van der Waals surface area contributed by atoms with Crippen LogP contribution < -0.4 is 15.6 Å². The van der Waals surface area contributed by atoms with Gasteiger partial charge in [0.1, 0.15) is 11.4 Å². The molecule has 2 N–H and O–H groups in total. The van der Waals surface area contributed by atoms with E-state index in [1.807, 2.05) is 4.98 Å². The number of hydrogen-bond acceptors (Lipinski definition) is 3. The maximum absolute atomic E-state index is 12.7. The summed E-state index contributed by atoms with van der Waals surface area (Å²) in [4.78, 5) is 25.9. The minimum atomic E-state index is -4.65. The van der Waals surface area contributed by atoms with Crippen LogP contribution in [0.4, 0.5) is 18.9 Å². The van der Waals surface area contributed by atoms with E-state index in [1.54, 1.807) is 12.1 Å². The molecule has 0 radical (unpaired) electrons. The van der Waals surface area contributed by atoms with E-state index in [1.165, 1.54) is 26.0 Å². The number of halogens is 4. The van der Waals surface area contributed by atoms with Crippen LogP contribution in [0.1, 0.15) is 19.4 Å². The van der Waals surface area contributed by atoms with Crippen LogP contribution in [0.3, 0.4) is 0 Å². The zero-order valence-electron chi connectivity index (χ0n) is 13.2. The van der Waals surface area contributed by atoms with E-state index >= 15 is 0 Å². The van der Waals surface area contributed by atoms with Crippen LogP contribution in [0.2, 0.25) is 5.02 Å². The second kappa shape index (κ2) is 6.79. The van der Waals surface area contributed by atoms with Crippen molar-refractivity contribution < 1.29 is 22.7 Å². The van der Waals surface area contributed by atoms with Gasteiger partial charge in [-0.2, -0.15) is 13.2 Å². The number of aromatic amines is 1. The molecule has 0 unspecified atom stereocenters. The van der Waals surface area contributed by atoms with Crippen molar-refractivity contribution in [3.05, 3.63) is 57.5 Å². The fraction of sp³-hybridized carbons (Fsp3) is 0.250. The van der Waals surface area contributed by atoms with Crippen molar-refractivity contribution in [3.8, 4) is 5.75 Å². The van der Waals surface area contributed by atoms with Crippen molar-refractivity contribution in [3.63, 3.8) is 0 Å². The number of H-pyrrole nitrogens is 1. The molecule has 0 spiro atoms. The summed E-state index contributed by atoms with van der Waals surface area (Å²) in [5.74, 6) is -0.449. The maximum Gasteiger partial charge on any atom is 0.417 e. The van der Waals surface area contributed by atoms with E-state index in [9.17, 15) is 22.8 Å². The first-order valence-electron chi connectivity index (χ1n) is 7.05. The maximum atomic E-state index is 12.7. The van der Waals surface area contributed by atoms with Gasteiger partial charge < -0.3 is 15.0 Å². The molecule has 25 heavy (non-hydrogen) atoms. The van der Waals surface area contributed by atoms with Gasteiger partial charge in [-0.25, -0.2) is 0 Å². The van der Waals surface area contributed by atoms with E-state index < -0.39 is 34.5 Å². The lowest BCUT2D eigenvalue weighted by Crippen LogP contribution is -2.43. The van der Waals surface area contributed by atoms with Gasteiger partial charge in [-0.1, -0.05) is 11.6 Å². The van der Waals surface area contributed by atoms with Gasteiger partial charge in [0.2, 0.25) is 0 Å². The standard InChI is InChI=1S/C16H14ClF3N2O3/c1-15(2,25-11-5-3-10(17)4-6-11)14(24)22-12-7-9(16(18,19)20)8-21-13(12)23/h3-8H,1-2H3,(H,21,23)(H,22,24). The first-order chi connectivity index (χ1) is 11.5. The summed E-state index contributed by atoms with van der Waals surface area (Å²) >= 11 is 5.76. The first-order valence-corrected chi connectivity index (χ1v) is 7.43. The number of amides is 1. The van der Waals surface area contributed by atoms with E-state index in [0.29, 0.717) is 23.0 Å². The largest absolute Gasteiger partial charge is 0.478 e. The first kappa shape index (κ1) is 18.9. The van der Waals surface area contributed by atoms with Crippen LogP contribution in [0.25, 0.3) is 0 Å². The molecule has 0 fully saturated rings. The highest BCUT2D eigenvalue weighted by Gasteiger charge is 2.33. The van der Waals surface area contributed by atoms with Gasteiger partial charge in [-0.3, -0.25) is 9.59 Å². The summed E-state index contributed by atoms with van der Waals surface area (Å²) in [6.45, 7) is 2.83. The highest BCUT2D eigenvalue weighted by atomic mass is 35.5. The molecule has 1 amide bonds. The van der Waals surface area contributed by atoms with Crippen LogP contribution in [0.5, 0.6) is 5.75 Å². The molecule has 0 saturated carbocycles. The molecular formula is C16H14ClF3N2O3. The minimum Gasteiger partial charge on any atom is -0.478 e. The topological polar surface area (TPSA) is 71.2 Å². The summed E-state index contributed by atoms with van der Waals surface area (Å²) in [6.07, 6.45) is -4.12. The lowest BCUT2D eigenvalue weighted by molar-refractivity contribution is -0.138. The Labute approximate surface area is 145 Å². The van der Waals surface area contributed by atoms with E-state index in [-0.39, 0.29) is 0 Å². The molecule has 0 saturated heterocycles. The van der Waals surface area contributed by atoms with Crippen LogP contribution in [0.15, 0.2) is 41.3 Å². The Kier molecular flexibility index (Phi) is 5.12. The van der Waals surface area contributed by atoms with Crippen LogP contribution in [-0.2, 0) is 11.0 Å². The predicted octanol–water partition coefficient (Wildman–Crippen LogP) is 3.84. The fourth-order valence-electron chi connectivity index (χ4n) is 1.86. The molecule has 1 heterocycles. The number of carbonyl (C=O) groups excluding carboxylic acids is 1. The molecular weight excluding hydrogens is 361 g/mol. The Morgan fingerprint density at radius 1 is 1.20 bits per heavy atom. The van der Waals surface area contributed by atoms with Crippen LogP contribution in [0, 0.1) is 0 Å². The van der Waals surface area contributed by atoms with Crippen LogP contribution in [-0.4, -0.2) is 16.5 Å². The SMILES string of the molecule is CC(C)(Oc1ccc(Cl)cc1)C(=O)Nc1cc(C(F)(F)F)c[nH]c1=O. The lowest BCUT2D eigenvalue weighted by atomic mass is 10.1. The monoisotopic (exact) mass is 374 g/mol. The number of nitrogens with one attached hydrogen (secondary N) is 2. The van der Waals surface area contributed by atoms with Crippen molar-refractivity contribution in [2.75, 3.05) is 5.32 Å². The Bertz CT molecular complexity index is 830. The minimum absolute atomic E-state index is 0.336. The number of alkyl halides is 3. The number of benzene rings is 1. The number of carbonyl (C=O) groups is 1. The van der Waals surface area contributed by atoms with Crippen molar-refractivity contribution >= 4 is 23.2 Å². The third-order valence-corrected chi connectivity index (χ3v) is 3.46. The molecule has 2 aromatic rings. The molecule has 9 heteroatoms. The van der Waals surface area contributed by atoms with Crippen molar-refractivity contribution in [1.29, 1.82) is 0 Å². The highest BCUT2D eigenvalue weighted by Crippen LogP contribution is 2.29. The van der Waals surface area contributed by atoms with E-state index in [2.05, 4.69) is 5.32 Å². The van der Waals surface area contributed by atoms with Crippen molar-refractivity contribution in [2.45, 2.75) is 25.6 Å². The number of rotatable bonds is 4. The quantitative estimate of drug-likeness (QED) is 0.854. The summed E-state index contributed by atoms with van der Waals surface area (Å²) < 4.78 is 43.7. The number of aromatic nitrogens is 1. The Morgan fingerprint density at radius 3 is 2.36 bits per heavy atom. The predicted molar refractivity (Wildman–Crippen MR) is 86.9 cm³/mol. The van der Waals surface area contributed by atoms with Crippen molar-refractivity contribution in [1.82, 2.24) is 4.98 Å². The summed E-state index contributed by atoms with van der Waals surface area (Å²) in [6, 6.07) is 6.75. The summed E-state index contributed by atoms with van der Waals surface area (Å²) in [5, 5.41) is 2.64. The zero-order chi connectivity index (χ0) is 18.8. The van der Waals surface area contributed by atoms with Gasteiger partial charge >= 0.3 is 6.18 Å². The fourth-order valence-corrected chi connectivity index (χ4v) is 1.98. The van der Waals surface area contributed by atoms with Gasteiger partial charge in [0.15, 0.2) is 5.60 Å². The van der Waals surface area contributed by atoms with Gasteiger partial charge in [0, 0.05) is 11.2 Å². The number of hydrogen-bond donors (Lipinski definition) is 2. The third kappa shape index (κ3) is 4.76. The van der Waals surface area contributed by atoms with Crippen LogP contribution >= 0.6 is 11.6 Å². The average Bonchev–Trinajstić information content (AvgIpc) is 2.50. The van der Waals surface area contributed by atoms with Crippen molar-refractivity contribution in [2.24, 2.45) is 0 Å². The van der Waals surface area contributed by atoms with E-state index in [0.717, 1.165) is 0 Å². The zero-order valence-corrected chi connectivity index (χ0v) is 14.0. The molecule has 134 valence electrons. The average molecular weight is 375 g/mol. The smallest absolute Gasteiger partial charge is 0.417 e. The molecule has 0 aliphatic rings. The summed E-state index contributed by atoms with van der Waals surface area (Å²) in [5.41, 5.74) is -3.91. The van der Waals surface area contributed by atoms with Gasteiger partial charge in [0.25, 0.3) is 11.5 Å². The second-order valence-electron chi connectivity index (χ2n) is 5.65. The van der Waals surface area contributed by atoms with E-state index in [4.69, 9.17) is 16.3 Å².